The van der Waals surface area contributed by atoms with Crippen molar-refractivity contribution in [3.63, 3.8) is 0 Å². The van der Waals surface area contributed by atoms with E-state index in [1.165, 1.54) is 44.1 Å². The Balaban J connectivity index is 1.12. The second-order valence-corrected chi connectivity index (χ2v) is 9.49. The van der Waals surface area contributed by atoms with Crippen LogP contribution in [0.4, 0.5) is 0 Å². The van der Waals surface area contributed by atoms with E-state index in [0.29, 0.717) is 12.3 Å². The Kier molecular flexibility index (Phi) is 3.84. The Hall–Kier alpha value is -1.84. The molecule has 0 saturated heterocycles. The molecule has 0 spiro atoms. The fraction of sp³-hybridized carbons (Fsp3) is 0.636. The number of carbonyl (C=O) groups excluding carboxylic acids is 2. The lowest BCUT2D eigenvalue weighted by Gasteiger charge is -2.56. The minimum atomic E-state index is -0.0438. The molecule has 5 fully saturated rings. The summed E-state index contributed by atoms with van der Waals surface area (Å²) in [5.74, 6) is 2.80. The van der Waals surface area contributed by atoms with E-state index in [-0.39, 0.29) is 23.1 Å². The van der Waals surface area contributed by atoms with Crippen LogP contribution in [0.15, 0.2) is 30.3 Å². The predicted molar refractivity (Wildman–Crippen MR) is 98.8 cm³/mol. The number of amides is 2. The lowest BCUT2D eigenvalue weighted by Crippen LogP contribution is -2.50. The third-order valence-corrected chi connectivity index (χ3v) is 7.38. The lowest BCUT2D eigenvalue weighted by molar-refractivity contribution is -0.134. The van der Waals surface area contributed by atoms with Crippen LogP contribution >= 0.6 is 0 Å². The predicted octanol–water partition coefficient (Wildman–Crippen LogP) is 3.54. The quantitative estimate of drug-likeness (QED) is 0.814. The molecule has 1 aromatic carbocycles. The molecular weight excluding hydrogens is 324 g/mol. The van der Waals surface area contributed by atoms with E-state index in [2.05, 4.69) is 23.0 Å². The van der Waals surface area contributed by atoms with Gasteiger partial charge in [-0.2, -0.15) is 0 Å². The first-order chi connectivity index (χ1) is 12.6. The van der Waals surface area contributed by atoms with Gasteiger partial charge in [0.15, 0.2) is 0 Å². The number of carbonyl (C=O) groups is 2. The number of rotatable bonds is 4. The molecule has 5 aliphatic rings. The topological polar surface area (TPSA) is 58.2 Å². The Morgan fingerprint density at radius 1 is 0.885 bits per heavy atom. The van der Waals surface area contributed by atoms with Gasteiger partial charge in [-0.25, -0.2) is 0 Å². The lowest BCUT2D eigenvalue weighted by atomic mass is 9.49. The van der Waals surface area contributed by atoms with Crippen molar-refractivity contribution in [3.8, 4) is 0 Å². The van der Waals surface area contributed by atoms with E-state index in [9.17, 15) is 9.59 Å². The number of benzene rings is 1. The summed E-state index contributed by atoms with van der Waals surface area (Å²) >= 11 is 0. The van der Waals surface area contributed by atoms with Gasteiger partial charge in [0.05, 0.1) is 0 Å². The van der Waals surface area contributed by atoms with Crippen molar-refractivity contribution in [2.45, 2.75) is 57.3 Å². The summed E-state index contributed by atoms with van der Waals surface area (Å²) in [5, 5.41) is 0. The highest BCUT2D eigenvalue weighted by Gasteiger charge is 2.51. The molecule has 4 nitrogen and oxygen atoms in total. The highest BCUT2D eigenvalue weighted by atomic mass is 16.2. The molecule has 2 N–H and O–H groups in total. The number of nitrogens with one attached hydrogen (secondary N) is 2. The van der Waals surface area contributed by atoms with Crippen molar-refractivity contribution in [1.82, 2.24) is 10.9 Å². The summed E-state index contributed by atoms with van der Waals surface area (Å²) in [6.07, 6.45) is 9.29. The average molecular weight is 352 g/mol. The van der Waals surface area contributed by atoms with Crippen LogP contribution in [-0.2, 0) is 9.59 Å². The molecule has 2 atom stereocenters. The van der Waals surface area contributed by atoms with E-state index >= 15 is 0 Å². The monoisotopic (exact) mass is 352 g/mol. The Morgan fingerprint density at radius 2 is 1.50 bits per heavy atom. The number of hydrogen-bond donors (Lipinski definition) is 2. The van der Waals surface area contributed by atoms with Crippen molar-refractivity contribution in [2.24, 2.45) is 29.1 Å². The maximum absolute atomic E-state index is 12.5. The molecule has 138 valence electrons. The molecule has 0 heterocycles. The van der Waals surface area contributed by atoms with Gasteiger partial charge in [-0.3, -0.25) is 20.4 Å². The molecule has 2 amide bonds. The van der Waals surface area contributed by atoms with Gasteiger partial charge in [-0.1, -0.05) is 30.3 Å². The first-order valence-electron chi connectivity index (χ1n) is 10.2. The maximum Gasteiger partial charge on any atom is 0.242 e. The molecule has 6 rings (SSSR count). The van der Waals surface area contributed by atoms with Gasteiger partial charge < -0.3 is 0 Å². The maximum atomic E-state index is 12.5. The first kappa shape index (κ1) is 16.3. The van der Waals surface area contributed by atoms with Crippen molar-refractivity contribution < 1.29 is 9.59 Å². The molecule has 5 aliphatic carbocycles. The van der Waals surface area contributed by atoms with Gasteiger partial charge in [-0.15, -0.1) is 0 Å². The zero-order valence-corrected chi connectivity index (χ0v) is 15.2. The minimum absolute atomic E-state index is 0.00255. The Labute approximate surface area is 155 Å². The summed E-state index contributed by atoms with van der Waals surface area (Å²) in [6.45, 7) is 0. The molecule has 0 unspecified atom stereocenters. The smallest absolute Gasteiger partial charge is 0.242 e. The van der Waals surface area contributed by atoms with Gasteiger partial charge in [0.1, 0.15) is 0 Å². The molecule has 0 radical (unpaired) electrons. The van der Waals surface area contributed by atoms with E-state index < -0.39 is 0 Å². The summed E-state index contributed by atoms with van der Waals surface area (Å²) in [7, 11) is 0. The van der Waals surface area contributed by atoms with E-state index in [4.69, 9.17) is 0 Å². The largest absolute Gasteiger partial charge is 0.273 e. The van der Waals surface area contributed by atoms with Crippen LogP contribution < -0.4 is 10.9 Å². The van der Waals surface area contributed by atoms with Gasteiger partial charge in [-0.05, 0) is 79.6 Å². The van der Waals surface area contributed by atoms with Crippen LogP contribution in [0.25, 0.3) is 0 Å². The van der Waals surface area contributed by atoms with Crippen LogP contribution in [-0.4, -0.2) is 11.8 Å². The molecule has 0 aromatic heterocycles. The first-order valence-corrected chi connectivity index (χ1v) is 10.2. The SMILES string of the molecule is O=C(CC12CC3CC(CC(C3)C1)C2)NNC(=O)[C@H]1C[C@@H]1c1ccccc1. The third-order valence-electron chi connectivity index (χ3n) is 7.38. The summed E-state index contributed by atoms with van der Waals surface area (Å²) in [6, 6.07) is 10.2. The Bertz CT molecular complexity index is 679. The molecule has 5 saturated carbocycles. The third kappa shape index (κ3) is 3.04. The van der Waals surface area contributed by atoms with Crippen LogP contribution in [0.2, 0.25) is 0 Å². The van der Waals surface area contributed by atoms with Gasteiger partial charge in [0, 0.05) is 12.3 Å². The zero-order valence-electron chi connectivity index (χ0n) is 15.2. The van der Waals surface area contributed by atoms with E-state index in [0.717, 1.165) is 24.2 Å². The van der Waals surface area contributed by atoms with Crippen LogP contribution in [0, 0.1) is 29.1 Å². The van der Waals surface area contributed by atoms with Crippen molar-refractivity contribution in [1.29, 1.82) is 0 Å². The van der Waals surface area contributed by atoms with Crippen molar-refractivity contribution >= 4 is 11.8 Å². The molecule has 0 aliphatic heterocycles. The van der Waals surface area contributed by atoms with Gasteiger partial charge >= 0.3 is 0 Å². The number of hydrogen-bond acceptors (Lipinski definition) is 2. The van der Waals surface area contributed by atoms with Crippen molar-refractivity contribution in [2.75, 3.05) is 0 Å². The Morgan fingerprint density at radius 3 is 2.12 bits per heavy atom. The second kappa shape index (κ2) is 6.11. The van der Waals surface area contributed by atoms with E-state index in [1.807, 2.05) is 18.2 Å². The highest BCUT2D eigenvalue weighted by molar-refractivity contribution is 5.86. The summed E-state index contributed by atoms with van der Waals surface area (Å²) < 4.78 is 0. The van der Waals surface area contributed by atoms with Gasteiger partial charge in [0.2, 0.25) is 11.8 Å². The van der Waals surface area contributed by atoms with Crippen LogP contribution in [0.3, 0.4) is 0 Å². The fourth-order valence-corrected chi connectivity index (χ4v) is 6.67. The second-order valence-electron chi connectivity index (χ2n) is 9.49. The summed E-state index contributed by atoms with van der Waals surface area (Å²) in [4.78, 5) is 24.8. The van der Waals surface area contributed by atoms with Crippen molar-refractivity contribution in [3.05, 3.63) is 35.9 Å². The summed E-state index contributed by atoms with van der Waals surface area (Å²) in [5.41, 5.74) is 6.83. The fourth-order valence-electron chi connectivity index (χ4n) is 6.67. The molecule has 4 bridgehead atoms. The zero-order chi connectivity index (χ0) is 17.7. The highest BCUT2D eigenvalue weighted by Crippen LogP contribution is 2.61. The molecule has 1 aromatic rings. The average Bonchev–Trinajstić information content (AvgIpc) is 3.40. The minimum Gasteiger partial charge on any atom is -0.273 e. The molecular formula is C22H28N2O2. The number of hydrazine groups is 1. The molecule has 4 heteroatoms. The normalized spacial score (nSPS) is 39.5. The van der Waals surface area contributed by atoms with Crippen LogP contribution in [0.5, 0.6) is 0 Å². The standard InChI is InChI=1S/C22H28N2O2/c25-20(13-22-10-14-6-15(11-22)8-16(7-14)12-22)23-24-21(26)19-9-18(19)17-4-2-1-3-5-17/h1-5,14-16,18-19H,6-13H2,(H,23,25)(H,24,26)/t14?,15?,16?,18-,19+,22?/m1/s1. The van der Waals surface area contributed by atoms with E-state index in [1.54, 1.807) is 0 Å². The van der Waals surface area contributed by atoms with Crippen LogP contribution in [0.1, 0.15) is 62.8 Å². The van der Waals surface area contributed by atoms with Gasteiger partial charge in [0.25, 0.3) is 0 Å². The molecule has 26 heavy (non-hydrogen) atoms.